The molecule has 0 radical (unpaired) electrons. The summed E-state index contributed by atoms with van der Waals surface area (Å²) in [5, 5.41) is 0. The van der Waals surface area contributed by atoms with E-state index >= 15 is 0 Å². The van der Waals surface area contributed by atoms with E-state index in [1.54, 1.807) is 0 Å². The van der Waals surface area contributed by atoms with Gasteiger partial charge in [-0.1, -0.05) is 0 Å². The molecule has 0 aliphatic carbocycles. The van der Waals surface area contributed by atoms with Crippen molar-refractivity contribution < 1.29 is 12.2 Å². The molecule has 0 rings (SSSR count). The number of hydrogen-bond acceptors (Lipinski definition) is 1. The van der Waals surface area contributed by atoms with Gasteiger partial charge in [0.05, 0.1) is 0 Å². The molecule has 0 aliphatic heterocycles. The molecule has 0 unspecified atom stereocenters. The van der Waals surface area contributed by atoms with Crippen molar-refractivity contribution in [2.45, 2.75) is 0 Å². The molecule has 3 nitrogen and oxygen atoms in total. The zero-order valence-corrected chi connectivity index (χ0v) is 6.16. The normalized spacial score (nSPS) is 7.00. The Hall–Kier alpha value is 0.969. The van der Waals surface area contributed by atoms with E-state index in [1.165, 1.54) is 0 Å². The average molecular weight is 257 g/mol. The van der Waals surface area contributed by atoms with Crippen LogP contribution in [0.1, 0.15) is 0 Å². The molecule has 0 amide bonds. The van der Waals surface area contributed by atoms with Gasteiger partial charge in [-0.05, 0) is 0 Å². The topological polar surface area (TPSA) is 57.5 Å². The van der Waals surface area contributed by atoms with Crippen LogP contribution in [0.4, 0.5) is 0 Å². The average Bonchev–Trinajstić information content (AvgIpc) is 0.811. The second-order valence-electron chi connectivity index (χ2n) is 0.231. The minimum atomic E-state index is -3.29. The van der Waals surface area contributed by atoms with Crippen LogP contribution in [0.5, 0.6) is 0 Å². The molecule has 0 saturated carbocycles. The second kappa shape index (κ2) is 4.97. The number of hydrogen-bond donors (Lipinski definition) is 2. The molecule has 0 saturated heterocycles. The number of rotatable bonds is 0. The predicted molar refractivity (Wildman–Crippen MR) is 26.3 cm³/mol. The molecule has 0 bridgehead atoms. The summed E-state index contributed by atoms with van der Waals surface area (Å²) in [6, 6.07) is 0. The molecule has 34 valence electrons. The van der Waals surface area contributed by atoms with Crippen molar-refractivity contribution in [2.24, 2.45) is 0 Å². The van der Waals surface area contributed by atoms with E-state index in [1.807, 2.05) is 0 Å². The fraction of sp³-hybridized carbons (Fsp3) is 0. The first-order valence-electron chi connectivity index (χ1n) is 0.532. The molecule has 5 heteroatoms. The van der Waals surface area contributed by atoms with Crippen molar-refractivity contribution in [3.63, 3.8) is 0 Å². The van der Waals surface area contributed by atoms with Crippen LogP contribution in [0.3, 0.4) is 0 Å². The molecule has 0 heterocycles. The molecular weight excluding hydrogens is 254 g/mol. The first-order chi connectivity index (χ1) is 1.73. The summed E-state index contributed by atoms with van der Waals surface area (Å²) in [6.07, 6.45) is 0. The van der Waals surface area contributed by atoms with Gasteiger partial charge < -0.3 is 0 Å². The van der Waals surface area contributed by atoms with Crippen LogP contribution in [-0.4, -0.2) is 22.9 Å². The zero-order chi connectivity index (χ0) is 3.58. The quantitative estimate of drug-likeness (QED) is 0.432. The minimum absolute atomic E-state index is 0. The zero-order valence-electron chi connectivity index (χ0n) is 2.12. The van der Waals surface area contributed by atoms with Crippen LogP contribution in [0, 0.1) is 0 Å². The Bertz CT molecular complexity index is 29.9. The van der Waals surface area contributed by atoms with Crippen LogP contribution in [-0.2, 0) is 3.83 Å². The van der Waals surface area contributed by atoms with E-state index in [0.717, 1.165) is 0 Å². The second-order valence-corrected chi connectivity index (χ2v) is 1.20. The standard InChI is InChI=1S/HI.H2O3Se/c;1-4(2)3/h1H;(H2,1,2,3). The van der Waals surface area contributed by atoms with Gasteiger partial charge in [-0.25, -0.2) is 0 Å². The molecule has 5 heavy (non-hydrogen) atoms. The van der Waals surface area contributed by atoms with Crippen LogP contribution in [0.25, 0.3) is 0 Å². The van der Waals surface area contributed by atoms with E-state index < -0.39 is 14.5 Å². The SMILES string of the molecule is I.O=[Se](O)O. The Morgan fingerprint density at radius 3 is 1.40 bits per heavy atom. The van der Waals surface area contributed by atoms with Gasteiger partial charge in [0.2, 0.25) is 0 Å². The van der Waals surface area contributed by atoms with Gasteiger partial charge in [-0.2, -0.15) is 0 Å². The summed E-state index contributed by atoms with van der Waals surface area (Å²) >= 11 is -3.29. The monoisotopic (exact) mass is 258 g/mol. The van der Waals surface area contributed by atoms with Gasteiger partial charge in [0, 0.05) is 0 Å². The van der Waals surface area contributed by atoms with Crippen LogP contribution in [0.15, 0.2) is 0 Å². The molecule has 0 aromatic heterocycles. The summed E-state index contributed by atoms with van der Waals surface area (Å²) < 4.78 is 23.1. The van der Waals surface area contributed by atoms with Crippen LogP contribution >= 0.6 is 24.0 Å². The molecular formula is H3IO3Se. The van der Waals surface area contributed by atoms with Crippen molar-refractivity contribution in [3.8, 4) is 0 Å². The molecule has 0 aromatic rings. The van der Waals surface area contributed by atoms with Crippen LogP contribution < -0.4 is 0 Å². The summed E-state index contributed by atoms with van der Waals surface area (Å²) in [7, 11) is 0. The van der Waals surface area contributed by atoms with Crippen molar-refractivity contribution in [1.82, 2.24) is 0 Å². The maximum absolute atomic E-state index is 8.76. The van der Waals surface area contributed by atoms with Crippen molar-refractivity contribution in [1.29, 1.82) is 0 Å². The summed E-state index contributed by atoms with van der Waals surface area (Å²) in [6.45, 7) is 0. The van der Waals surface area contributed by atoms with Gasteiger partial charge in [0.15, 0.2) is 0 Å². The first-order valence-corrected chi connectivity index (χ1v) is 2.76. The number of halogens is 1. The van der Waals surface area contributed by atoms with Gasteiger partial charge in [-0.3, -0.25) is 0 Å². The van der Waals surface area contributed by atoms with Crippen molar-refractivity contribution in [3.05, 3.63) is 0 Å². The van der Waals surface area contributed by atoms with Gasteiger partial charge in [0.25, 0.3) is 0 Å². The molecule has 0 atom stereocenters. The van der Waals surface area contributed by atoms with E-state index in [9.17, 15) is 0 Å². The van der Waals surface area contributed by atoms with E-state index in [4.69, 9.17) is 12.2 Å². The third-order valence-electron chi connectivity index (χ3n) is 0. The fourth-order valence-electron chi connectivity index (χ4n) is 0. The first kappa shape index (κ1) is 9.36. The third kappa shape index (κ3) is 46.6. The van der Waals surface area contributed by atoms with Gasteiger partial charge in [-0.15, -0.1) is 24.0 Å². The Kier molecular flexibility index (Phi) is 9.30. The Labute approximate surface area is 50.8 Å². The Morgan fingerprint density at radius 2 is 1.40 bits per heavy atom. The summed E-state index contributed by atoms with van der Waals surface area (Å²) in [5.74, 6) is 0. The van der Waals surface area contributed by atoms with E-state index in [-0.39, 0.29) is 24.0 Å². The molecule has 0 fully saturated rings. The molecule has 0 aliphatic rings. The fourth-order valence-corrected chi connectivity index (χ4v) is 0. The van der Waals surface area contributed by atoms with Crippen molar-refractivity contribution >= 4 is 38.5 Å². The predicted octanol–water partition coefficient (Wildman–Crippen LogP) is -0.996. The maximum atomic E-state index is 8.76. The van der Waals surface area contributed by atoms with Crippen LogP contribution in [0.2, 0.25) is 0 Å². The Morgan fingerprint density at radius 1 is 1.40 bits per heavy atom. The Balaban J connectivity index is 0. The summed E-state index contributed by atoms with van der Waals surface area (Å²) in [4.78, 5) is 0. The molecule has 0 aromatic carbocycles. The summed E-state index contributed by atoms with van der Waals surface area (Å²) in [5.41, 5.74) is 0. The van der Waals surface area contributed by atoms with E-state index in [0.29, 0.717) is 0 Å². The third-order valence-corrected chi connectivity index (χ3v) is 0. The molecule has 2 N–H and O–H groups in total. The molecule has 0 spiro atoms. The van der Waals surface area contributed by atoms with Gasteiger partial charge >= 0.3 is 26.7 Å². The van der Waals surface area contributed by atoms with E-state index in [2.05, 4.69) is 0 Å². The van der Waals surface area contributed by atoms with Crippen molar-refractivity contribution in [2.75, 3.05) is 0 Å². The van der Waals surface area contributed by atoms with Gasteiger partial charge in [0.1, 0.15) is 0 Å².